The van der Waals surface area contributed by atoms with Gasteiger partial charge in [-0.2, -0.15) is 0 Å². The predicted molar refractivity (Wildman–Crippen MR) is 53.7 cm³/mol. The van der Waals surface area contributed by atoms with Gasteiger partial charge in [-0.1, -0.05) is 38.1 Å². The van der Waals surface area contributed by atoms with Gasteiger partial charge in [-0.3, -0.25) is 0 Å². The first-order valence-electron chi connectivity index (χ1n) is 4.76. The van der Waals surface area contributed by atoms with Gasteiger partial charge >= 0.3 is 0 Å². The van der Waals surface area contributed by atoms with E-state index < -0.39 is 5.60 Å². The van der Waals surface area contributed by atoms with Gasteiger partial charge in [0.1, 0.15) is 0 Å². The molecule has 2 rings (SSSR count). The maximum absolute atomic E-state index is 10.2. The molecule has 0 spiro atoms. The summed E-state index contributed by atoms with van der Waals surface area (Å²) in [6.07, 6.45) is 0.819. The molecule has 1 aromatic carbocycles. The third-order valence-electron chi connectivity index (χ3n) is 3.02. The second kappa shape index (κ2) is 2.36. The van der Waals surface area contributed by atoms with Crippen LogP contribution in [0, 0.1) is 0 Å². The molecular weight excluding hydrogens is 160 g/mol. The van der Waals surface area contributed by atoms with E-state index >= 15 is 0 Å². The minimum atomic E-state index is -0.639. The van der Waals surface area contributed by atoms with E-state index in [4.69, 9.17) is 0 Å². The van der Waals surface area contributed by atoms with E-state index in [1.807, 2.05) is 25.1 Å². The van der Waals surface area contributed by atoms with Crippen LogP contribution in [0.5, 0.6) is 0 Å². The summed E-state index contributed by atoms with van der Waals surface area (Å²) >= 11 is 0. The molecule has 0 heterocycles. The SMILES string of the molecule is CC1(C)CC(C)(O)c2ccccc21. The fourth-order valence-electron chi connectivity index (χ4n) is 2.59. The van der Waals surface area contributed by atoms with Gasteiger partial charge < -0.3 is 5.11 Å². The highest BCUT2D eigenvalue weighted by molar-refractivity contribution is 5.42. The fraction of sp³-hybridized carbons (Fsp3) is 0.500. The summed E-state index contributed by atoms with van der Waals surface area (Å²) in [4.78, 5) is 0. The Kier molecular flexibility index (Phi) is 1.59. The van der Waals surface area contributed by atoms with Crippen molar-refractivity contribution in [1.29, 1.82) is 0 Å². The van der Waals surface area contributed by atoms with Gasteiger partial charge in [-0.05, 0) is 29.9 Å². The van der Waals surface area contributed by atoms with Crippen LogP contribution in [-0.2, 0) is 11.0 Å². The largest absolute Gasteiger partial charge is 0.385 e. The molecular formula is C12H16O. The number of rotatable bonds is 0. The minimum absolute atomic E-state index is 0.111. The minimum Gasteiger partial charge on any atom is -0.385 e. The molecule has 0 fully saturated rings. The quantitative estimate of drug-likeness (QED) is 0.644. The lowest BCUT2D eigenvalue weighted by Gasteiger charge is -2.21. The zero-order valence-corrected chi connectivity index (χ0v) is 8.46. The van der Waals surface area contributed by atoms with Crippen molar-refractivity contribution in [2.75, 3.05) is 0 Å². The van der Waals surface area contributed by atoms with Gasteiger partial charge in [-0.15, -0.1) is 0 Å². The Morgan fingerprint density at radius 1 is 1.08 bits per heavy atom. The lowest BCUT2D eigenvalue weighted by molar-refractivity contribution is 0.0456. The first-order valence-corrected chi connectivity index (χ1v) is 4.76. The van der Waals surface area contributed by atoms with Gasteiger partial charge in [0.2, 0.25) is 0 Å². The topological polar surface area (TPSA) is 20.2 Å². The van der Waals surface area contributed by atoms with Crippen LogP contribution in [0.2, 0.25) is 0 Å². The predicted octanol–water partition coefficient (Wildman–Crippen LogP) is 2.58. The first kappa shape index (κ1) is 8.76. The molecule has 0 radical (unpaired) electrons. The van der Waals surface area contributed by atoms with Gasteiger partial charge in [0, 0.05) is 0 Å². The Labute approximate surface area is 79.4 Å². The van der Waals surface area contributed by atoms with Crippen LogP contribution in [0.3, 0.4) is 0 Å². The van der Waals surface area contributed by atoms with Crippen LogP contribution in [0.15, 0.2) is 24.3 Å². The molecule has 0 amide bonds. The van der Waals surface area contributed by atoms with Crippen molar-refractivity contribution in [2.45, 2.75) is 38.2 Å². The zero-order valence-electron chi connectivity index (χ0n) is 8.46. The number of fused-ring (bicyclic) bond motifs is 1. The summed E-state index contributed by atoms with van der Waals surface area (Å²) in [5, 5.41) is 10.2. The Morgan fingerprint density at radius 2 is 1.62 bits per heavy atom. The third kappa shape index (κ3) is 1.19. The van der Waals surface area contributed by atoms with Crippen LogP contribution in [0.1, 0.15) is 38.3 Å². The van der Waals surface area contributed by atoms with Crippen LogP contribution in [-0.4, -0.2) is 5.11 Å². The summed E-state index contributed by atoms with van der Waals surface area (Å²) in [5.41, 5.74) is 1.86. The zero-order chi connectivity index (χ0) is 9.69. The molecule has 0 saturated carbocycles. The molecule has 1 aromatic rings. The normalized spacial score (nSPS) is 30.2. The van der Waals surface area contributed by atoms with E-state index in [1.165, 1.54) is 5.56 Å². The maximum atomic E-state index is 10.2. The summed E-state index contributed by atoms with van der Waals surface area (Å²) < 4.78 is 0. The Balaban J connectivity index is 2.64. The highest BCUT2D eigenvalue weighted by Gasteiger charge is 2.42. The molecule has 0 aliphatic heterocycles. The molecule has 1 N–H and O–H groups in total. The van der Waals surface area contributed by atoms with Crippen molar-refractivity contribution >= 4 is 0 Å². The molecule has 0 aromatic heterocycles. The average Bonchev–Trinajstić information content (AvgIpc) is 2.20. The molecule has 1 nitrogen and oxygen atoms in total. The number of hydrogen-bond acceptors (Lipinski definition) is 1. The van der Waals surface area contributed by atoms with E-state index in [9.17, 15) is 5.11 Å². The third-order valence-corrected chi connectivity index (χ3v) is 3.02. The molecule has 0 bridgehead atoms. The number of aliphatic hydroxyl groups is 1. The highest BCUT2D eigenvalue weighted by atomic mass is 16.3. The van der Waals surface area contributed by atoms with Crippen LogP contribution < -0.4 is 0 Å². The summed E-state index contributed by atoms with van der Waals surface area (Å²) in [6.45, 7) is 6.28. The van der Waals surface area contributed by atoms with Gasteiger partial charge in [-0.25, -0.2) is 0 Å². The number of benzene rings is 1. The smallest absolute Gasteiger partial charge is 0.0879 e. The van der Waals surface area contributed by atoms with Crippen molar-refractivity contribution in [2.24, 2.45) is 0 Å². The van der Waals surface area contributed by atoms with Gasteiger partial charge in [0.25, 0.3) is 0 Å². The van der Waals surface area contributed by atoms with E-state index in [0.717, 1.165) is 12.0 Å². The number of hydrogen-bond donors (Lipinski definition) is 1. The summed E-state index contributed by atoms with van der Waals surface area (Å²) in [7, 11) is 0. The lowest BCUT2D eigenvalue weighted by atomic mass is 9.86. The Hall–Kier alpha value is -0.820. The molecule has 0 saturated heterocycles. The fourth-order valence-corrected chi connectivity index (χ4v) is 2.59. The monoisotopic (exact) mass is 176 g/mol. The van der Waals surface area contributed by atoms with Crippen LogP contribution >= 0.6 is 0 Å². The second-order valence-electron chi connectivity index (χ2n) is 4.88. The van der Waals surface area contributed by atoms with Crippen molar-refractivity contribution < 1.29 is 5.11 Å². The highest BCUT2D eigenvalue weighted by Crippen LogP contribution is 2.47. The van der Waals surface area contributed by atoms with E-state index in [1.54, 1.807) is 0 Å². The first-order chi connectivity index (χ1) is 5.93. The Morgan fingerprint density at radius 3 is 2.15 bits per heavy atom. The van der Waals surface area contributed by atoms with Crippen molar-refractivity contribution in [1.82, 2.24) is 0 Å². The second-order valence-corrected chi connectivity index (χ2v) is 4.88. The lowest BCUT2D eigenvalue weighted by Crippen LogP contribution is -2.20. The molecule has 70 valence electrons. The van der Waals surface area contributed by atoms with Crippen LogP contribution in [0.25, 0.3) is 0 Å². The molecule has 1 heteroatoms. The maximum Gasteiger partial charge on any atom is 0.0879 e. The van der Waals surface area contributed by atoms with Crippen LogP contribution in [0.4, 0.5) is 0 Å². The molecule has 1 unspecified atom stereocenters. The average molecular weight is 176 g/mol. The van der Waals surface area contributed by atoms with Crippen molar-refractivity contribution in [3.63, 3.8) is 0 Å². The van der Waals surface area contributed by atoms with Crippen molar-refractivity contribution in [3.05, 3.63) is 35.4 Å². The summed E-state index contributed by atoms with van der Waals surface area (Å²) in [5.74, 6) is 0. The molecule has 13 heavy (non-hydrogen) atoms. The van der Waals surface area contributed by atoms with E-state index in [2.05, 4.69) is 19.9 Å². The van der Waals surface area contributed by atoms with Gasteiger partial charge in [0.05, 0.1) is 5.60 Å². The molecule has 1 aliphatic rings. The molecule has 1 aliphatic carbocycles. The Bertz CT molecular complexity index is 304. The van der Waals surface area contributed by atoms with E-state index in [0.29, 0.717) is 0 Å². The van der Waals surface area contributed by atoms with Crippen molar-refractivity contribution in [3.8, 4) is 0 Å². The van der Waals surface area contributed by atoms with Gasteiger partial charge in [0.15, 0.2) is 0 Å². The standard InChI is InChI=1S/C12H16O/c1-11(2)8-12(3,13)10-7-5-4-6-9(10)11/h4-7,13H,8H2,1-3H3. The van der Waals surface area contributed by atoms with E-state index in [-0.39, 0.29) is 5.41 Å². The summed E-state index contributed by atoms with van der Waals surface area (Å²) in [6, 6.07) is 8.19. The molecule has 1 atom stereocenters.